The Bertz CT molecular complexity index is 511. The van der Waals surface area contributed by atoms with Crippen LogP contribution >= 0.6 is 0 Å². The van der Waals surface area contributed by atoms with E-state index >= 15 is 0 Å². The van der Waals surface area contributed by atoms with Crippen LogP contribution in [-0.2, 0) is 4.79 Å². The molecule has 110 valence electrons. The molecule has 1 aromatic rings. The molecule has 3 N–H and O–H groups in total. The monoisotopic (exact) mass is 279 g/mol. The highest BCUT2D eigenvalue weighted by molar-refractivity contribution is 5.92. The molecule has 0 saturated carbocycles. The number of amides is 1. The summed E-state index contributed by atoms with van der Waals surface area (Å²) >= 11 is 0. The van der Waals surface area contributed by atoms with E-state index in [1.807, 2.05) is 13.8 Å². The molecule has 0 saturated heterocycles. The van der Waals surface area contributed by atoms with Crippen molar-refractivity contribution in [3.63, 3.8) is 0 Å². The topological polar surface area (TPSA) is 98.3 Å². The molecule has 0 heterocycles. The second-order valence-electron chi connectivity index (χ2n) is 4.97. The van der Waals surface area contributed by atoms with Crippen molar-refractivity contribution in [1.29, 1.82) is 0 Å². The van der Waals surface area contributed by atoms with E-state index in [-0.39, 0.29) is 17.5 Å². The van der Waals surface area contributed by atoms with E-state index in [1.165, 1.54) is 6.07 Å². The van der Waals surface area contributed by atoms with Crippen molar-refractivity contribution < 1.29 is 9.72 Å². The van der Waals surface area contributed by atoms with Crippen molar-refractivity contribution in [3.05, 3.63) is 33.4 Å². The number of nitro benzene ring substituents is 1. The smallest absolute Gasteiger partial charge is 0.274 e. The molecular formula is C14H21N3O3. The summed E-state index contributed by atoms with van der Waals surface area (Å²) in [5, 5.41) is 13.7. The Morgan fingerprint density at radius 1 is 1.40 bits per heavy atom. The first kappa shape index (κ1) is 16.1. The SMILES string of the molecule is CCC(CN)CC(=O)Nc1cc([N+](=O)[O-])c(C)cc1C. The number of hydrogen-bond donors (Lipinski definition) is 2. The third kappa shape index (κ3) is 4.03. The third-order valence-corrected chi connectivity index (χ3v) is 3.40. The van der Waals surface area contributed by atoms with Crippen molar-refractivity contribution in [3.8, 4) is 0 Å². The normalized spacial score (nSPS) is 12.0. The minimum absolute atomic E-state index is 0.0109. The molecule has 0 radical (unpaired) electrons. The summed E-state index contributed by atoms with van der Waals surface area (Å²) in [6.45, 7) is 5.93. The number of benzene rings is 1. The lowest BCUT2D eigenvalue weighted by atomic mass is 10.0. The molecule has 1 amide bonds. The Hall–Kier alpha value is -1.95. The number of rotatable bonds is 6. The molecular weight excluding hydrogens is 258 g/mol. The number of carbonyl (C=O) groups is 1. The fraction of sp³-hybridized carbons (Fsp3) is 0.500. The largest absolute Gasteiger partial charge is 0.330 e. The maximum absolute atomic E-state index is 11.9. The third-order valence-electron chi connectivity index (χ3n) is 3.40. The van der Waals surface area contributed by atoms with Crippen LogP contribution in [0.25, 0.3) is 0 Å². The first-order valence-corrected chi connectivity index (χ1v) is 6.64. The van der Waals surface area contributed by atoms with Crippen molar-refractivity contribution >= 4 is 17.3 Å². The van der Waals surface area contributed by atoms with Crippen LogP contribution in [0.2, 0.25) is 0 Å². The van der Waals surface area contributed by atoms with Crippen molar-refractivity contribution in [2.75, 3.05) is 11.9 Å². The second-order valence-corrected chi connectivity index (χ2v) is 4.97. The molecule has 1 atom stereocenters. The molecule has 0 aliphatic rings. The Morgan fingerprint density at radius 3 is 2.55 bits per heavy atom. The van der Waals surface area contributed by atoms with E-state index < -0.39 is 4.92 Å². The zero-order valence-corrected chi connectivity index (χ0v) is 12.1. The zero-order chi connectivity index (χ0) is 15.3. The predicted octanol–water partition coefficient (Wildman–Crippen LogP) is 2.53. The summed E-state index contributed by atoms with van der Waals surface area (Å²) < 4.78 is 0. The van der Waals surface area contributed by atoms with Gasteiger partial charge in [-0.15, -0.1) is 0 Å². The molecule has 6 nitrogen and oxygen atoms in total. The van der Waals surface area contributed by atoms with E-state index in [4.69, 9.17) is 5.73 Å². The van der Waals surface area contributed by atoms with Gasteiger partial charge in [-0.25, -0.2) is 0 Å². The molecule has 0 aliphatic heterocycles. The van der Waals surface area contributed by atoms with Gasteiger partial charge in [0.25, 0.3) is 5.69 Å². The quantitative estimate of drug-likeness (QED) is 0.617. The van der Waals surface area contributed by atoms with Gasteiger partial charge in [-0.05, 0) is 37.9 Å². The van der Waals surface area contributed by atoms with E-state index in [1.54, 1.807) is 13.0 Å². The van der Waals surface area contributed by atoms with Crippen molar-refractivity contribution in [2.24, 2.45) is 11.7 Å². The fourth-order valence-corrected chi connectivity index (χ4v) is 2.03. The van der Waals surface area contributed by atoms with Crippen LogP contribution in [0.3, 0.4) is 0 Å². The van der Waals surface area contributed by atoms with Gasteiger partial charge in [0.2, 0.25) is 5.91 Å². The maximum atomic E-state index is 11.9. The van der Waals surface area contributed by atoms with Crippen molar-refractivity contribution in [2.45, 2.75) is 33.6 Å². The van der Waals surface area contributed by atoms with Crippen LogP contribution in [-0.4, -0.2) is 17.4 Å². The van der Waals surface area contributed by atoms with Gasteiger partial charge in [-0.3, -0.25) is 14.9 Å². The summed E-state index contributed by atoms with van der Waals surface area (Å²) in [5.41, 5.74) is 7.46. The fourth-order valence-electron chi connectivity index (χ4n) is 2.03. The minimum atomic E-state index is -0.445. The van der Waals surface area contributed by atoms with Crippen LogP contribution < -0.4 is 11.1 Å². The molecule has 0 bridgehead atoms. The number of nitro groups is 1. The Balaban J connectivity index is 2.89. The predicted molar refractivity (Wildman–Crippen MR) is 78.7 cm³/mol. The summed E-state index contributed by atoms with van der Waals surface area (Å²) in [4.78, 5) is 22.4. The van der Waals surface area contributed by atoms with Gasteiger partial charge in [0, 0.05) is 18.1 Å². The van der Waals surface area contributed by atoms with Gasteiger partial charge in [-0.1, -0.05) is 13.3 Å². The number of aryl methyl sites for hydroxylation is 2. The van der Waals surface area contributed by atoms with Gasteiger partial charge in [0.15, 0.2) is 0 Å². The number of anilines is 1. The molecule has 20 heavy (non-hydrogen) atoms. The van der Waals surface area contributed by atoms with Crippen LogP contribution in [0.5, 0.6) is 0 Å². The van der Waals surface area contributed by atoms with Gasteiger partial charge >= 0.3 is 0 Å². The highest BCUT2D eigenvalue weighted by atomic mass is 16.6. The Kier molecular flexibility index (Phi) is 5.64. The van der Waals surface area contributed by atoms with Crippen molar-refractivity contribution in [1.82, 2.24) is 0 Å². The molecule has 1 rings (SSSR count). The minimum Gasteiger partial charge on any atom is -0.330 e. The number of nitrogens with two attached hydrogens (primary N) is 1. The number of nitrogens with zero attached hydrogens (tertiary/aromatic N) is 1. The van der Waals surface area contributed by atoms with E-state index in [0.29, 0.717) is 24.2 Å². The molecule has 0 aliphatic carbocycles. The highest BCUT2D eigenvalue weighted by Crippen LogP contribution is 2.26. The van der Waals surface area contributed by atoms with Crippen LogP contribution in [0, 0.1) is 29.9 Å². The maximum Gasteiger partial charge on any atom is 0.274 e. The highest BCUT2D eigenvalue weighted by Gasteiger charge is 2.16. The molecule has 6 heteroatoms. The number of carbonyl (C=O) groups excluding carboxylic acids is 1. The average Bonchev–Trinajstić information content (AvgIpc) is 2.38. The summed E-state index contributed by atoms with van der Waals surface area (Å²) in [7, 11) is 0. The van der Waals surface area contributed by atoms with Gasteiger partial charge in [0.05, 0.1) is 10.6 Å². The first-order chi connectivity index (χ1) is 9.38. The lowest BCUT2D eigenvalue weighted by Gasteiger charge is -2.13. The van der Waals surface area contributed by atoms with Gasteiger partial charge in [-0.2, -0.15) is 0 Å². The molecule has 0 spiro atoms. The van der Waals surface area contributed by atoms with E-state index in [2.05, 4.69) is 5.32 Å². The Morgan fingerprint density at radius 2 is 2.05 bits per heavy atom. The van der Waals surface area contributed by atoms with E-state index in [0.717, 1.165) is 12.0 Å². The molecule has 1 unspecified atom stereocenters. The molecule has 0 aromatic heterocycles. The zero-order valence-electron chi connectivity index (χ0n) is 12.1. The second kappa shape index (κ2) is 7.00. The van der Waals surface area contributed by atoms with Gasteiger partial charge < -0.3 is 11.1 Å². The summed E-state index contributed by atoms with van der Waals surface area (Å²) in [6, 6.07) is 3.11. The lowest BCUT2D eigenvalue weighted by Crippen LogP contribution is -2.22. The summed E-state index contributed by atoms with van der Waals surface area (Å²) in [6.07, 6.45) is 1.16. The average molecular weight is 279 g/mol. The Labute approximate surface area is 118 Å². The van der Waals surface area contributed by atoms with Gasteiger partial charge in [0.1, 0.15) is 0 Å². The molecule has 1 aromatic carbocycles. The van der Waals surface area contributed by atoms with Crippen LogP contribution in [0.4, 0.5) is 11.4 Å². The standard InChI is InChI=1S/C14H21N3O3/c1-4-11(8-15)6-14(18)16-12-7-13(17(19)20)10(3)5-9(12)2/h5,7,11H,4,6,8,15H2,1-3H3,(H,16,18). The first-order valence-electron chi connectivity index (χ1n) is 6.64. The number of nitrogens with one attached hydrogen (secondary N) is 1. The number of hydrogen-bond acceptors (Lipinski definition) is 4. The molecule has 0 fully saturated rings. The van der Waals surface area contributed by atoms with E-state index in [9.17, 15) is 14.9 Å². The lowest BCUT2D eigenvalue weighted by molar-refractivity contribution is -0.385. The van der Waals surface area contributed by atoms with Crippen LogP contribution in [0.1, 0.15) is 30.9 Å². The van der Waals surface area contributed by atoms with Crippen LogP contribution in [0.15, 0.2) is 12.1 Å². The summed E-state index contributed by atoms with van der Waals surface area (Å²) in [5.74, 6) is -0.0284.